The maximum absolute atomic E-state index is 9.85. The van der Waals surface area contributed by atoms with Gasteiger partial charge < -0.3 is 9.13 Å². The van der Waals surface area contributed by atoms with Crippen LogP contribution in [0.2, 0.25) is 0 Å². The second-order valence-corrected chi connectivity index (χ2v) is 18.3. The lowest BCUT2D eigenvalue weighted by molar-refractivity contribution is 1.07. The minimum absolute atomic E-state index is 0.410. The van der Waals surface area contributed by atoms with E-state index in [2.05, 4.69) is 116 Å². The van der Waals surface area contributed by atoms with Crippen LogP contribution in [0.3, 0.4) is 0 Å². The number of nitrogens with zero attached hydrogens (tertiary/aromatic N) is 10. The molecule has 0 spiro atoms. The Balaban J connectivity index is 1.07. The second-order valence-electron chi connectivity index (χ2n) is 18.3. The number of aromatic nitrogens is 6. The molecule has 0 radical (unpaired) electrons. The van der Waals surface area contributed by atoms with E-state index in [4.69, 9.17) is 33.1 Å². The Hall–Kier alpha value is -11.3. The number of benzene rings is 9. The summed E-state index contributed by atoms with van der Waals surface area (Å²) in [6, 6.07) is 72.6. The average molecular weight is 969 g/mol. The summed E-state index contributed by atoms with van der Waals surface area (Å²) in [5.74, 6) is 1.61. The zero-order chi connectivity index (χ0) is 51.3. The highest BCUT2D eigenvalue weighted by Gasteiger charge is 2.23. The van der Waals surface area contributed by atoms with Crippen molar-refractivity contribution in [3.63, 3.8) is 0 Å². The lowest BCUT2D eigenvalue weighted by Crippen LogP contribution is -2.04. The number of para-hydroxylation sites is 2. The summed E-state index contributed by atoms with van der Waals surface area (Å²) < 4.78 is 4.57. The molecule has 13 aromatic rings. The van der Waals surface area contributed by atoms with Crippen LogP contribution in [0.1, 0.15) is 11.1 Å². The third-order valence-corrected chi connectivity index (χ3v) is 13.9. The van der Waals surface area contributed by atoms with Crippen LogP contribution in [0.4, 0.5) is 11.4 Å². The molecule has 13 rings (SSSR count). The predicted octanol–water partition coefficient (Wildman–Crippen LogP) is 16.3. The van der Waals surface area contributed by atoms with Gasteiger partial charge in [0.2, 0.25) is 0 Å². The van der Waals surface area contributed by atoms with Gasteiger partial charge in [0.1, 0.15) is 0 Å². The van der Waals surface area contributed by atoms with Crippen LogP contribution in [0, 0.1) is 35.8 Å². The maximum atomic E-state index is 9.85. The van der Waals surface area contributed by atoms with Crippen LogP contribution in [-0.4, -0.2) is 29.1 Å². The number of hydrogen-bond donors (Lipinski definition) is 0. The number of fused-ring (bicyclic) bond motifs is 6. The first kappa shape index (κ1) is 44.6. The number of hydrogen-bond acceptors (Lipinski definition) is 6. The largest absolute Gasteiger partial charge is 0.309 e. The van der Waals surface area contributed by atoms with Crippen molar-refractivity contribution in [2.45, 2.75) is 0 Å². The smallest absolute Gasteiger partial charge is 0.177 e. The van der Waals surface area contributed by atoms with Crippen LogP contribution < -0.4 is 0 Å². The van der Waals surface area contributed by atoms with E-state index in [0.717, 1.165) is 105 Å². The van der Waals surface area contributed by atoms with Gasteiger partial charge in [-0.25, -0.2) is 24.6 Å². The van der Waals surface area contributed by atoms with Gasteiger partial charge in [0, 0.05) is 55.6 Å². The molecular weight excluding hydrogens is 933 g/mol. The molecule has 10 heteroatoms. The quantitative estimate of drug-likeness (QED) is 0.140. The van der Waals surface area contributed by atoms with E-state index in [1.165, 1.54) is 0 Å². The maximum Gasteiger partial charge on any atom is 0.177 e. The fraction of sp³-hybridized carbons (Fsp3) is 0. The zero-order valence-electron chi connectivity index (χ0n) is 40.3. The summed E-state index contributed by atoms with van der Waals surface area (Å²) in [6.45, 7) is 15.6. The van der Waals surface area contributed by atoms with Crippen molar-refractivity contribution in [3.8, 4) is 91.1 Å². The third-order valence-electron chi connectivity index (χ3n) is 13.9. The summed E-state index contributed by atoms with van der Waals surface area (Å²) in [4.78, 5) is 27.5. The van der Waals surface area contributed by atoms with Crippen LogP contribution in [-0.2, 0) is 0 Å². The number of pyridine rings is 1. The van der Waals surface area contributed by atoms with E-state index in [0.29, 0.717) is 40.0 Å². The summed E-state index contributed by atoms with van der Waals surface area (Å²) in [5.41, 5.74) is 14.9. The van der Waals surface area contributed by atoms with Gasteiger partial charge in [-0.05, 0) is 89.0 Å². The number of rotatable bonds is 8. The second kappa shape index (κ2) is 18.4. The van der Waals surface area contributed by atoms with Gasteiger partial charge in [0.25, 0.3) is 0 Å². The molecule has 0 saturated heterocycles. The van der Waals surface area contributed by atoms with E-state index in [1.807, 2.05) is 122 Å². The van der Waals surface area contributed by atoms with Crippen molar-refractivity contribution in [2.75, 3.05) is 0 Å². The van der Waals surface area contributed by atoms with Crippen LogP contribution >= 0.6 is 0 Å². The molecule has 4 heterocycles. The highest BCUT2D eigenvalue weighted by molar-refractivity contribution is 6.13. The van der Waals surface area contributed by atoms with Gasteiger partial charge in [0.05, 0.1) is 76.0 Å². The predicted molar refractivity (Wildman–Crippen MR) is 301 cm³/mol. The van der Waals surface area contributed by atoms with E-state index >= 15 is 0 Å². The van der Waals surface area contributed by atoms with E-state index in [9.17, 15) is 10.5 Å². The molecule has 0 N–H and O–H groups in total. The zero-order valence-corrected chi connectivity index (χ0v) is 40.3. The monoisotopic (exact) mass is 968 g/mol. The summed E-state index contributed by atoms with van der Waals surface area (Å²) in [5, 5.41) is 23.7. The fourth-order valence-electron chi connectivity index (χ4n) is 10.5. The van der Waals surface area contributed by atoms with Crippen molar-refractivity contribution < 1.29 is 0 Å². The first-order valence-corrected chi connectivity index (χ1v) is 24.4. The molecule has 10 nitrogen and oxygen atoms in total. The summed E-state index contributed by atoms with van der Waals surface area (Å²) in [6.07, 6.45) is 3.74. The van der Waals surface area contributed by atoms with E-state index in [1.54, 1.807) is 12.1 Å². The Morgan fingerprint density at radius 3 is 1.37 bits per heavy atom. The highest BCUT2D eigenvalue weighted by Crippen LogP contribution is 2.44. The van der Waals surface area contributed by atoms with Crippen LogP contribution in [0.5, 0.6) is 0 Å². The van der Waals surface area contributed by atoms with Gasteiger partial charge in [-0.15, -0.1) is 0 Å². The van der Waals surface area contributed by atoms with Gasteiger partial charge in [0.15, 0.2) is 28.8 Å². The Bertz CT molecular complexity index is 4570. The van der Waals surface area contributed by atoms with Gasteiger partial charge in [-0.2, -0.15) is 10.5 Å². The minimum atomic E-state index is 0.410. The van der Waals surface area contributed by atoms with Gasteiger partial charge >= 0.3 is 0 Å². The lowest BCUT2D eigenvalue weighted by atomic mass is 9.98. The molecule has 0 aliphatic heterocycles. The van der Waals surface area contributed by atoms with E-state index < -0.39 is 0 Å². The molecule has 0 fully saturated rings. The van der Waals surface area contributed by atoms with Crippen molar-refractivity contribution >= 4 is 55.0 Å². The molecule has 0 unspecified atom stereocenters. The Morgan fingerprint density at radius 1 is 0.368 bits per heavy atom. The molecule has 0 aliphatic rings. The highest BCUT2D eigenvalue weighted by atomic mass is 15.0. The topological polar surface area (TPSA) is 118 Å². The minimum Gasteiger partial charge on any atom is -0.309 e. The molecule has 0 amide bonds. The molecule has 0 bridgehead atoms. The van der Waals surface area contributed by atoms with E-state index in [-0.39, 0.29) is 0 Å². The Kier molecular flexibility index (Phi) is 10.8. The first-order chi connectivity index (χ1) is 37.5. The molecular formula is C66H36N10. The fourth-order valence-corrected chi connectivity index (χ4v) is 10.5. The SMILES string of the molecule is [C-]#[N+]c1cc([N+]#[C-])cc(-c2ccc3c(c2)c2ccccc2n3-c2cc(-c3nc(-c4ccccc4)nc(-c4ccccc4)n3)ccc2-c2ccncc2-n2c3ccccc3c3cc(-c4cc(C#N)cc(C#N)c4)ccc32)c1. The molecule has 76 heavy (non-hydrogen) atoms. The normalized spacial score (nSPS) is 11.1. The molecule has 9 aromatic carbocycles. The molecule has 0 aliphatic carbocycles. The summed E-state index contributed by atoms with van der Waals surface area (Å²) >= 11 is 0. The summed E-state index contributed by atoms with van der Waals surface area (Å²) in [7, 11) is 0. The molecule has 0 atom stereocenters. The van der Waals surface area contributed by atoms with Crippen molar-refractivity contribution in [1.82, 2.24) is 29.1 Å². The van der Waals surface area contributed by atoms with Crippen molar-refractivity contribution in [1.29, 1.82) is 10.5 Å². The van der Waals surface area contributed by atoms with Gasteiger partial charge in [-0.1, -0.05) is 140 Å². The third kappa shape index (κ3) is 7.64. The Labute approximate surface area is 436 Å². The number of nitriles is 2. The van der Waals surface area contributed by atoms with Crippen molar-refractivity contribution in [3.05, 3.63) is 253 Å². The Morgan fingerprint density at radius 2 is 0.829 bits per heavy atom. The first-order valence-electron chi connectivity index (χ1n) is 24.4. The standard InChI is InChI=1S/C66H36N10/c1-69-50-32-49(33-51(37-50)70-2)46-23-25-60-56(35-46)52-17-9-11-19-58(52)75(60)62-36-47(66-73-64(43-13-5-3-6-14-43)72-65(74-66)44-15-7-4-8-16-44)21-24-54(62)55-27-28-71-40-63(55)76-59-20-12-10-18-53(59)57-34-45(22-26-61(57)76)48-30-41(38-67)29-42(31-48)39-68/h3-37,40H. The van der Waals surface area contributed by atoms with Gasteiger partial charge in [-0.3, -0.25) is 4.98 Å². The average Bonchev–Trinajstić information content (AvgIpc) is 4.06. The van der Waals surface area contributed by atoms with Crippen molar-refractivity contribution in [2.24, 2.45) is 0 Å². The molecule has 350 valence electrons. The lowest BCUT2D eigenvalue weighted by Gasteiger charge is -2.19. The van der Waals surface area contributed by atoms with Crippen LogP contribution in [0.25, 0.3) is 132 Å². The van der Waals surface area contributed by atoms with Crippen LogP contribution in [0.15, 0.2) is 219 Å². The molecule has 0 saturated carbocycles. The molecule has 4 aromatic heterocycles.